The average molecular weight is 230 g/mol. The van der Waals surface area contributed by atoms with Crippen LogP contribution >= 0.6 is 12.4 Å². The summed E-state index contributed by atoms with van der Waals surface area (Å²) in [5.74, 6) is -0.495. The van der Waals surface area contributed by atoms with Gasteiger partial charge in [0.25, 0.3) is 0 Å². The molecule has 0 aliphatic rings. The number of anilines is 1. The van der Waals surface area contributed by atoms with Crippen molar-refractivity contribution in [3.63, 3.8) is 0 Å². The van der Waals surface area contributed by atoms with E-state index < -0.39 is 12.5 Å². The second kappa shape index (κ2) is 6.00. The standard InChI is InChI=1S/C9H11N3O2.ClH/c10-9(11)6-1-3-7(4-2-6)12-8(14)5-13;/h1-4,13H,5H2,(H3,10,11)(H,12,14);1H. The Hall–Kier alpha value is -1.59. The van der Waals surface area contributed by atoms with Gasteiger partial charge in [-0.2, -0.15) is 0 Å². The van der Waals surface area contributed by atoms with Crippen molar-refractivity contribution in [2.75, 3.05) is 11.9 Å². The number of hydrogen-bond acceptors (Lipinski definition) is 3. The molecule has 0 saturated heterocycles. The van der Waals surface area contributed by atoms with Crippen LogP contribution in [0.2, 0.25) is 0 Å². The van der Waals surface area contributed by atoms with Crippen molar-refractivity contribution < 1.29 is 9.90 Å². The summed E-state index contributed by atoms with van der Waals surface area (Å²) in [5, 5.41) is 18.1. The highest BCUT2D eigenvalue weighted by molar-refractivity contribution is 5.96. The van der Waals surface area contributed by atoms with E-state index in [0.29, 0.717) is 11.3 Å². The first-order valence-corrected chi connectivity index (χ1v) is 3.98. The lowest BCUT2D eigenvalue weighted by Crippen LogP contribution is -2.16. The molecule has 1 aromatic carbocycles. The van der Waals surface area contributed by atoms with E-state index in [2.05, 4.69) is 5.32 Å². The van der Waals surface area contributed by atoms with E-state index in [1.54, 1.807) is 24.3 Å². The fourth-order valence-corrected chi connectivity index (χ4v) is 0.934. The molecule has 0 saturated carbocycles. The number of amides is 1. The van der Waals surface area contributed by atoms with Crippen molar-refractivity contribution in [3.05, 3.63) is 29.8 Å². The number of aliphatic hydroxyl groups excluding tert-OH is 1. The minimum atomic E-state index is -0.547. The zero-order valence-electron chi connectivity index (χ0n) is 7.86. The number of hydrogen-bond donors (Lipinski definition) is 4. The predicted octanol–water partition coefficient (Wildman–Crippen LogP) is 0.323. The van der Waals surface area contributed by atoms with E-state index in [9.17, 15) is 4.79 Å². The molecular weight excluding hydrogens is 218 g/mol. The van der Waals surface area contributed by atoms with Crippen LogP contribution in [-0.4, -0.2) is 23.5 Å². The maximum absolute atomic E-state index is 10.8. The third-order valence-electron chi connectivity index (χ3n) is 1.62. The van der Waals surface area contributed by atoms with Crippen molar-refractivity contribution in [1.29, 1.82) is 5.41 Å². The van der Waals surface area contributed by atoms with Crippen molar-refractivity contribution in [3.8, 4) is 0 Å². The Bertz CT molecular complexity index is 351. The molecule has 0 aliphatic heterocycles. The van der Waals surface area contributed by atoms with Gasteiger partial charge in [0.1, 0.15) is 12.4 Å². The summed E-state index contributed by atoms with van der Waals surface area (Å²) in [6.07, 6.45) is 0. The molecule has 6 heteroatoms. The average Bonchev–Trinajstić information content (AvgIpc) is 2.18. The van der Waals surface area contributed by atoms with Crippen LogP contribution in [0.4, 0.5) is 5.69 Å². The lowest BCUT2D eigenvalue weighted by molar-refractivity contribution is -0.118. The first-order valence-electron chi connectivity index (χ1n) is 3.98. The normalized spacial score (nSPS) is 8.87. The van der Waals surface area contributed by atoms with Gasteiger partial charge in [-0.3, -0.25) is 10.2 Å². The zero-order chi connectivity index (χ0) is 10.6. The van der Waals surface area contributed by atoms with Gasteiger partial charge in [0, 0.05) is 11.3 Å². The van der Waals surface area contributed by atoms with E-state index in [1.165, 1.54) is 0 Å². The van der Waals surface area contributed by atoms with Crippen molar-refractivity contribution in [2.45, 2.75) is 0 Å². The molecule has 5 N–H and O–H groups in total. The molecule has 0 spiro atoms. The lowest BCUT2D eigenvalue weighted by Gasteiger charge is -2.03. The molecule has 1 amide bonds. The first kappa shape index (κ1) is 13.4. The van der Waals surface area contributed by atoms with Crippen molar-refractivity contribution in [1.82, 2.24) is 0 Å². The van der Waals surface area contributed by atoms with Gasteiger partial charge in [-0.25, -0.2) is 0 Å². The molecule has 0 aliphatic carbocycles. The maximum atomic E-state index is 10.8. The molecule has 0 aromatic heterocycles. The zero-order valence-corrected chi connectivity index (χ0v) is 8.67. The number of benzene rings is 1. The molecule has 0 fully saturated rings. The quantitative estimate of drug-likeness (QED) is 0.444. The van der Waals surface area contributed by atoms with Gasteiger partial charge in [0.05, 0.1) is 0 Å². The topological polar surface area (TPSA) is 99.2 Å². The molecule has 0 radical (unpaired) electrons. The summed E-state index contributed by atoms with van der Waals surface area (Å²) < 4.78 is 0. The largest absolute Gasteiger partial charge is 0.387 e. The Morgan fingerprint density at radius 3 is 2.33 bits per heavy atom. The third-order valence-corrected chi connectivity index (χ3v) is 1.62. The van der Waals surface area contributed by atoms with Crippen LogP contribution < -0.4 is 11.1 Å². The summed E-state index contributed by atoms with van der Waals surface area (Å²) in [7, 11) is 0. The summed E-state index contributed by atoms with van der Waals surface area (Å²) >= 11 is 0. The highest BCUT2D eigenvalue weighted by atomic mass is 35.5. The molecule has 0 unspecified atom stereocenters. The monoisotopic (exact) mass is 229 g/mol. The third kappa shape index (κ3) is 3.97. The number of carbonyl (C=O) groups excluding carboxylic acids is 1. The van der Waals surface area contributed by atoms with Crippen LogP contribution in [0.5, 0.6) is 0 Å². The van der Waals surface area contributed by atoms with Crippen LogP contribution in [0.15, 0.2) is 24.3 Å². The van der Waals surface area contributed by atoms with Gasteiger partial charge in [-0.05, 0) is 24.3 Å². The van der Waals surface area contributed by atoms with E-state index in [-0.39, 0.29) is 18.2 Å². The van der Waals surface area contributed by atoms with Crippen molar-refractivity contribution >= 4 is 29.8 Å². The van der Waals surface area contributed by atoms with Crippen molar-refractivity contribution in [2.24, 2.45) is 5.73 Å². The highest BCUT2D eigenvalue weighted by Gasteiger charge is 2.00. The lowest BCUT2D eigenvalue weighted by atomic mass is 10.2. The van der Waals surface area contributed by atoms with Crippen LogP contribution in [0.25, 0.3) is 0 Å². The second-order valence-corrected chi connectivity index (χ2v) is 2.70. The Morgan fingerprint density at radius 2 is 1.93 bits per heavy atom. The summed E-state index contributed by atoms with van der Waals surface area (Å²) in [6, 6.07) is 6.47. The molecule has 0 atom stereocenters. The molecule has 15 heavy (non-hydrogen) atoms. The Balaban J connectivity index is 0.00000196. The van der Waals surface area contributed by atoms with E-state index in [1.807, 2.05) is 0 Å². The highest BCUT2D eigenvalue weighted by Crippen LogP contribution is 2.08. The Morgan fingerprint density at radius 1 is 1.40 bits per heavy atom. The minimum absolute atomic E-state index is 0. The number of nitrogen functional groups attached to an aromatic ring is 1. The molecular formula is C9H12ClN3O2. The number of carbonyl (C=O) groups is 1. The fraction of sp³-hybridized carbons (Fsp3) is 0.111. The Labute approximate surface area is 93.2 Å². The summed E-state index contributed by atoms with van der Waals surface area (Å²) in [6.45, 7) is -0.547. The first-order chi connectivity index (χ1) is 6.63. The SMILES string of the molecule is Cl.N=C(N)c1ccc(NC(=O)CO)cc1. The molecule has 5 nitrogen and oxygen atoms in total. The van der Waals surface area contributed by atoms with Gasteiger partial charge in [0.15, 0.2) is 0 Å². The molecule has 0 heterocycles. The van der Waals surface area contributed by atoms with E-state index >= 15 is 0 Å². The summed E-state index contributed by atoms with van der Waals surface area (Å²) in [4.78, 5) is 10.8. The van der Waals surface area contributed by atoms with Gasteiger partial charge < -0.3 is 16.2 Å². The van der Waals surface area contributed by atoms with Crippen LogP contribution in [0.3, 0.4) is 0 Å². The van der Waals surface area contributed by atoms with Gasteiger partial charge in [0.2, 0.25) is 5.91 Å². The van der Waals surface area contributed by atoms with Crippen LogP contribution in [0, 0.1) is 5.41 Å². The summed E-state index contributed by atoms with van der Waals surface area (Å²) in [5.41, 5.74) is 6.40. The molecule has 0 bridgehead atoms. The van der Waals surface area contributed by atoms with Gasteiger partial charge >= 0.3 is 0 Å². The molecule has 82 valence electrons. The number of nitrogens with one attached hydrogen (secondary N) is 2. The number of amidine groups is 1. The van der Waals surface area contributed by atoms with Gasteiger partial charge in [-0.15, -0.1) is 12.4 Å². The van der Waals surface area contributed by atoms with E-state index in [4.69, 9.17) is 16.2 Å². The predicted molar refractivity (Wildman–Crippen MR) is 60.4 cm³/mol. The van der Waals surface area contributed by atoms with Gasteiger partial charge in [-0.1, -0.05) is 0 Å². The van der Waals surface area contributed by atoms with E-state index in [0.717, 1.165) is 0 Å². The molecule has 1 aromatic rings. The Kier molecular flexibility index (Phi) is 5.36. The second-order valence-electron chi connectivity index (χ2n) is 2.70. The number of nitrogens with two attached hydrogens (primary N) is 1. The smallest absolute Gasteiger partial charge is 0.250 e. The maximum Gasteiger partial charge on any atom is 0.250 e. The number of aliphatic hydroxyl groups is 1. The minimum Gasteiger partial charge on any atom is -0.387 e. The number of rotatable bonds is 3. The van der Waals surface area contributed by atoms with Crippen LogP contribution in [0.1, 0.15) is 5.56 Å². The number of halogens is 1. The fourth-order valence-electron chi connectivity index (χ4n) is 0.934. The van der Waals surface area contributed by atoms with Crippen LogP contribution in [-0.2, 0) is 4.79 Å². The molecule has 1 rings (SSSR count).